The highest BCUT2D eigenvalue weighted by atomic mass is 32.2. The SMILES string of the molecule is CCC1CCCCC1Sc1nnnn1CCNC1CC1. The molecule has 1 aromatic heterocycles. The highest BCUT2D eigenvalue weighted by molar-refractivity contribution is 7.99. The van der Waals surface area contributed by atoms with E-state index in [4.69, 9.17) is 0 Å². The molecule has 2 atom stereocenters. The Bertz CT molecular complexity index is 417. The molecule has 0 saturated heterocycles. The van der Waals surface area contributed by atoms with Crippen molar-refractivity contribution in [3.8, 4) is 0 Å². The van der Waals surface area contributed by atoms with Crippen LogP contribution in [-0.2, 0) is 6.54 Å². The van der Waals surface area contributed by atoms with E-state index in [2.05, 4.69) is 27.8 Å². The molecule has 1 N–H and O–H groups in total. The van der Waals surface area contributed by atoms with Crippen LogP contribution in [0.3, 0.4) is 0 Å². The molecule has 2 saturated carbocycles. The molecule has 20 heavy (non-hydrogen) atoms. The fraction of sp³-hybridized carbons (Fsp3) is 0.929. The van der Waals surface area contributed by atoms with Gasteiger partial charge in [0, 0.05) is 17.8 Å². The molecule has 1 heterocycles. The summed E-state index contributed by atoms with van der Waals surface area (Å²) in [6.45, 7) is 4.17. The Kier molecular flexibility index (Phi) is 4.94. The second-order valence-electron chi connectivity index (χ2n) is 6.02. The molecule has 5 nitrogen and oxygen atoms in total. The quantitative estimate of drug-likeness (QED) is 0.837. The molecule has 0 spiro atoms. The van der Waals surface area contributed by atoms with Crippen molar-refractivity contribution in [2.24, 2.45) is 5.92 Å². The third-order valence-corrected chi connectivity index (χ3v) is 5.88. The van der Waals surface area contributed by atoms with E-state index < -0.39 is 0 Å². The fourth-order valence-corrected chi connectivity index (χ4v) is 4.42. The average molecular weight is 295 g/mol. The smallest absolute Gasteiger partial charge is 0.209 e. The number of tetrazole rings is 1. The molecule has 0 bridgehead atoms. The molecule has 2 unspecified atom stereocenters. The largest absolute Gasteiger partial charge is 0.312 e. The van der Waals surface area contributed by atoms with E-state index in [1.165, 1.54) is 44.9 Å². The zero-order valence-corrected chi connectivity index (χ0v) is 13.1. The van der Waals surface area contributed by atoms with E-state index in [0.29, 0.717) is 5.25 Å². The Morgan fingerprint density at radius 3 is 2.90 bits per heavy atom. The second kappa shape index (κ2) is 6.89. The van der Waals surface area contributed by atoms with Gasteiger partial charge in [-0.2, -0.15) is 0 Å². The first-order chi connectivity index (χ1) is 9.86. The summed E-state index contributed by atoms with van der Waals surface area (Å²) in [5.74, 6) is 0.837. The van der Waals surface area contributed by atoms with Crippen LogP contribution in [0, 0.1) is 5.92 Å². The van der Waals surface area contributed by atoms with Crippen molar-refractivity contribution in [3.63, 3.8) is 0 Å². The minimum absolute atomic E-state index is 0.704. The van der Waals surface area contributed by atoms with Gasteiger partial charge in [-0.15, -0.1) is 5.10 Å². The van der Waals surface area contributed by atoms with E-state index in [1.807, 2.05) is 16.4 Å². The molecule has 6 heteroatoms. The van der Waals surface area contributed by atoms with Gasteiger partial charge >= 0.3 is 0 Å². The first kappa shape index (κ1) is 14.3. The third-order valence-electron chi connectivity index (χ3n) is 4.45. The molecule has 0 amide bonds. The summed E-state index contributed by atoms with van der Waals surface area (Å²) in [6.07, 6.45) is 9.39. The maximum Gasteiger partial charge on any atom is 0.209 e. The second-order valence-corrected chi connectivity index (χ2v) is 7.23. The van der Waals surface area contributed by atoms with Crippen molar-refractivity contribution < 1.29 is 0 Å². The van der Waals surface area contributed by atoms with Crippen LogP contribution in [0.25, 0.3) is 0 Å². The maximum absolute atomic E-state index is 4.23. The van der Waals surface area contributed by atoms with Gasteiger partial charge in [0.1, 0.15) is 0 Å². The van der Waals surface area contributed by atoms with Crippen LogP contribution in [0.15, 0.2) is 5.16 Å². The zero-order valence-electron chi connectivity index (χ0n) is 12.3. The van der Waals surface area contributed by atoms with Gasteiger partial charge in [0.25, 0.3) is 0 Å². The number of aromatic nitrogens is 4. The van der Waals surface area contributed by atoms with Gasteiger partial charge in [-0.05, 0) is 42.0 Å². The van der Waals surface area contributed by atoms with Gasteiger partial charge in [0.2, 0.25) is 5.16 Å². The number of thioether (sulfide) groups is 1. The maximum atomic E-state index is 4.23. The van der Waals surface area contributed by atoms with Crippen molar-refractivity contribution in [1.82, 2.24) is 25.5 Å². The van der Waals surface area contributed by atoms with Crippen molar-refractivity contribution in [1.29, 1.82) is 0 Å². The molecule has 112 valence electrons. The van der Waals surface area contributed by atoms with E-state index in [1.54, 1.807) is 0 Å². The number of nitrogens with one attached hydrogen (secondary N) is 1. The lowest BCUT2D eigenvalue weighted by molar-refractivity contribution is 0.360. The monoisotopic (exact) mass is 295 g/mol. The summed E-state index contributed by atoms with van der Waals surface area (Å²) >= 11 is 1.90. The first-order valence-corrected chi connectivity index (χ1v) is 8.91. The summed E-state index contributed by atoms with van der Waals surface area (Å²) < 4.78 is 1.97. The standard InChI is InChI=1S/C14H25N5S/c1-2-11-5-3-4-6-13(11)20-14-16-17-18-19(14)10-9-15-12-7-8-12/h11-13,15H,2-10H2,1H3. The lowest BCUT2D eigenvalue weighted by Crippen LogP contribution is -2.24. The molecule has 0 radical (unpaired) electrons. The molecular formula is C14H25N5S. The van der Waals surface area contributed by atoms with Crippen molar-refractivity contribution >= 4 is 11.8 Å². The average Bonchev–Trinajstić information content (AvgIpc) is 3.20. The van der Waals surface area contributed by atoms with Gasteiger partial charge < -0.3 is 5.32 Å². The van der Waals surface area contributed by atoms with Gasteiger partial charge in [0.05, 0.1) is 6.54 Å². The van der Waals surface area contributed by atoms with Crippen LogP contribution in [0.4, 0.5) is 0 Å². The molecule has 0 aromatic carbocycles. The predicted molar refractivity (Wildman–Crippen MR) is 80.7 cm³/mol. The summed E-state index contributed by atoms with van der Waals surface area (Å²) in [6, 6.07) is 0.755. The van der Waals surface area contributed by atoms with E-state index in [0.717, 1.165) is 30.2 Å². The Morgan fingerprint density at radius 2 is 2.10 bits per heavy atom. The highest BCUT2D eigenvalue weighted by Gasteiger charge is 2.26. The molecule has 0 aliphatic heterocycles. The van der Waals surface area contributed by atoms with Crippen LogP contribution in [0.1, 0.15) is 51.9 Å². The normalized spacial score (nSPS) is 26.9. The summed E-state index contributed by atoms with van der Waals surface area (Å²) in [5, 5.41) is 17.5. The molecular weight excluding hydrogens is 270 g/mol. The topological polar surface area (TPSA) is 55.6 Å². The number of rotatable bonds is 7. The summed E-state index contributed by atoms with van der Waals surface area (Å²) in [7, 11) is 0. The summed E-state index contributed by atoms with van der Waals surface area (Å²) in [5.41, 5.74) is 0. The Labute approximate surface area is 125 Å². The van der Waals surface area contributed by atoms with Crippen LogP contribution < -0.4 is 5.32 Å². The van der Waals surface area contributed by atoms with Crippen molar-refractivity contribution in [3.05, 3.63) is 0 Å². The third kappa shape index (κ3) is 3.73. The van der Waals surface area contributed by atoms with Crippen LogP contribution >= 0.6 is 11.8 Å². The number of nitrogens with zero attached hydrogens (tertiary/aromatic N) is 4. The molecule has 1 aromatic rings. The van der Waals surface area contributed by atoms with Gasteiger partial charge in [-0.3, -0.25) is 0 Å². The minimum atomic E-state index is 0.704. The molecule has 3 rings (SSSR count). The fourth-order valence-electron chi connectivity index (χ4n) is 3.01. The van der Waals surface area contributed by atoms with E-state index >= 15 is 0 Å². The van der Waals surface area contributed by atoms with Crippen molar-refractivity contribution in [2.45, 2.75) is 74.9 Å². The molecule has 2 aliphatic rings. The Hall–Kier alpha value is -0.620. The Balaban J connectivity index is 1.54. The van der Waals surface area contributed by atoms with Gasteiger partial charge in [-0.25, -0.2) is 4.68 Å². The van der Waals surface area contributed by atoms with Gasteiger partial charge in [0.15, 0.2) is 0 Å². The molecule has 2 fully saturated rings. The first-order valence-electron chi connectivity index (χ1n) is 8.03. The predicted octanol–water partition coefficient (Wildman–Crippen LogP) is 2.49. The van der Waals surface area contributed by atoms with E-state index in [9.17, 15) is 0 Å². The van der Waals surface area contributed by atoms with Crippen LogP contribution in [0.5, 0.6) is 0 Å². The van der Waals surface area contributed by atoms with Crippen LogP contribution in [-0.4, -0.2) is 38.0 Å². The highest BCUT2D eigenvalue weighted by Crippen LogP contribution is 2.37. The Morgan fingerprint density at radius 1 is 1.25 bits per heavy atom. The number of hydrogen-bond donors (Lipinski definition) is 1. The van der Waals surface area contributed by atoms with Gasteiger partial charge in [-0.1, -0.05) is 37.9 Å². The zero-order chi connectivity index (χ0) is 13.8. The van der Waals surface area contributed by atoms with Crippen LogP contribution in [0.2, 0.25) is 0 Å². The van der Waals surface area contributed by atoms with Crippen molar-refractivity contribution in [2.75, 3.05) is 6.54 Å². The number of hydrogen-bond acceptors (Lipinski definition) is 5. The minimum Gasteiger partial charge on any atom is -0.312 e. The lowest BCUT2D eigenvalue weighted by atomic mass is 9.87. The lowest BCUT2D eigenvalue weighted by Gasteiger charge is -2.29. The van der Waals surface area contributed by atoms with E-state index in [-0.39, 0.29) is 0 Å². The summed E-state index contributed by atoms with van der Waals surface area (Å²) in [4.78, 5) is 0. The molecule has 2 aliphatic carbocycles.